The van der Waals surface area contributed by atoms with Crippen molar-refractivity contribution in [1.29, 1.82) is 0 Å². The number of ketones is 1. The van der Waals surface area contributed by atoms with Gasteiger partial charge in [0, 0.05) is 24.6 Å². The fourth-order valence-electron chi connectivity index (χ4n) is 2.67. The van der Waals surface area contributed by atoms with E-state index in [0.717, 1.165) is 23.5 Å². The smallest absolute Gasteiger partial charge is 0.164 e. The molecule has 0 fully saturated rings. The van der Waals surface area contributed by atoms with Gasteiger partial charge in [0.2, 0.25) is 0 Å². The summed E-state index contributed by atoms with van der Waals surface area (Å²) < 4.78 is 6.05. The van der Waals surface area contributed by atoms with Crippen LogP contribution in [0.4, 0.5) is 5.69 Å². The number of anilines is 1. The zero-order chi connectivity index (χ0) is 15.6. The van der Waals surface area contributed by atoms with E-state index in [0.29, 0.717) is 19.0 Å². The van der Waals surface area contributed by atoms with Crippen LogP contribution >= 0.6 is 0 Å². The number of fused-ring (bicyclic) bond motifs is 1. The van der Waals surface area contributed by atoms with Crippen LogP contribution in [-0.4, -0.2) is 37.6 Å². The number of rotatable bonds is 5. The topological polar surface area (TPSA) is 41.6 Å². The normalized spacial score (nSPS) is 16.6. The molecule has 0 spiro atoms. The van der Waals surface area contributed by atoms with Crippen molar-refractivity contribution in [2.24, 2.45) is 0 Å². The predicted octanol–water partition coefficient (Wildman–Crippen LogP) is 2.86. The lowest BCUT2D eigenvalue weighted by Gasteiger charge is -2.43. The monoisotopic (exact) mass is 290 g/mol. The van der Waals surface area contributed by atoms with E-state index in [4.69, 9.17) is 4.74 Å². The van der Waals surface area contributed by atoms with E-state index in [1.54, 1.807) is 0 Å². The third-order valence-corrected chi connectivity index (χ3v) is 3.75. The number of hydrogen-bond donors (Lipinski definition) is 1. The quantitative estimate of drug-likeness (QED) is 0.847. The van der Waals surface area contributed by atoms with E-state index in [9.17, 15) is 4.79 Å². The number of ether oxygens (including phenoxy) is 1. The highest BCUT2D eigenvalue weighted by atomic mass is 16.5. The van der Waals surface area contributed by atoms with Gasteiger partial charge in [-0.1, -0.05) is 0 Å². The molecule has 1 aliphatic heterocycles. The van der Waals surface area contributed by atoms with Gasteiger partial charge in [-0.2, -0.15) is 0 Å². The van der Waals surface area contributed by atoms with E-state index < -0.39 is 0 Å². The molecule has 0 unspecified atom stereocenters. The van der Waals surface area contributed by atoms with E-state index in [-0.39, 0.29) is 11.4 Å². The van der Waals surface area contributed by atoms with E-state index in [2.05, 4.69) is 37.9 Å². The molecule has 116 valence electrons. The Kier molecular flexibility index (Phi) is 4.57. The maximum absolute atomic E-state index is 12.2. The summed E-state index contributed by atoms with van der Waals surface area (Å²) in [5.74, 6) is 1.03. The molecule has 2 rings (SSSR count). The molecule has 0 radical (unpaired) electrons. The maximum atomic E-state index is 12.2. The summed E-state index contributed by atoms with van der Waals surface area (Å²) in [4.78, 5) is 14.5. The zero-order valence-corrected chi connectivity index (χ0v) is 13.7. The number of carbonyl (C=O) groups excluding carboxylic acids is 1. The first-order valence-corrected chi connectivity index (χ1v) is 7.61. The summed E-state index contributed by atoms with van der Waals surface area (Å²) in [6.45, 7) is 10.1. The van der Waals surface area contributed by atoms with Crippen molar-refractivity contribution in [3.05, 3.63) is 23.8 Å². The van der Waals surface area contributed by atoms with Crippen molar-refractivity contribution in [1.82, 2.24) is 5.32 Å². The van der Waals surface area contributed by atoms with Gasteiger partial charge in [0.15, 0.2) is 5.78 Å². The third kappa shape index (κ3) is 3.56. The van der Waals surface area contributed by atoms with Gasteiger partial charge in [-0.3, -0.25) is 4.79 Å². The molecule has 0 amide bonds. The third-order valence-electron chi connectivity index (χ3n) is 3.75. The summed E-state index contributed by atoms with van der Waals surface area (Å²) in [6.07, 6.45) is 0.517. The highest BCUT2D eigenvalue weighted by Crippen LogP contribution is 2.38. The van der Waals surface area contributed by atoms with Crippen molar-refractivity contribution in [2.45, 2.75) is 45.8 Å². The standard InChI is InChI=1S/C17H26N2O2/c1-12(2)19-11-17(3,4)21-16-7-6-13(10-14(16)19)15(20)8-9-18-5/h6-7,10,12,18H,8-9,11H2,1-5H3. The van der Waals surface area contributed by atoms with Gasteiger partial charge in [-0.25, -0.2) is 0 Å². The fourth-order valence-corrected chi connectivity index (χ4v) is 2.67. The van der Waals surface area contributed by atoms with E-state index >= 15 is 0 Å². The molecule has 1 aliphatic rings. The number of nitrogens with one attached hydrogen (secondary N) is 1. The van der Waals surface area contributed by atoms with Gasteiger partial charge in [-0.15, -0.1) is 0 Å². The van der Waals surface area contributed by atoms with Crippen LogP contribution in [0, 0.1) is 0 Å². The molecule has 0 atom stereocenters. The van der Waals surface area contributed by atoms with Crippen LogP contribution in [0.1, 0.15) is 44.5 Å². The number of nitrogens with zero attached hydrogens (tertiary/aromatic N) is 1. The second-order valence-electron chi connectivity index (χ2n) is 6.54. The van der Waals surface area contributed by atoms with Crippen molar-refractivity contribution in [3.8, 4) is 5.75 Å². The molecule has 0 aromatic heterocycles. The van der Waals surface area contributed by atoms with Gasteiger partial charge < -0.3 is 15.0 Å². The summed E-state index contributed by atoms with van der Waals surface area (Å²) in [7, 11) is 1.86. The minimum absolute atomic E-state index is 0.167. The number of benzene rings is 1. The predicted molar refractivity (Wildman–Crippen MR) is 86.5 cm³/mol. The second-order valence-corrected chi connectivity index (χ2v) is 6.54. The highest BCUT2D eigenvalue weighted by molar-refractivity contribution is 5.97. The number of hydrogen-bond acceptors (Lipinski definition) is 4. The molecule has 0 aliphatic carbocycles. The molecular formula is C17H26N2O2. The van der Waals surface area contributed by atoms with Crippen molar-refractivity contribution >= 4 is 11.5 Å². The largest absolute Gasteiger partial charge is 0.484 e. The minimum Gasteiger partial charge on any atom is -0.484 e. The van der Waals surface area contributed by atoms with Gasteiger partial charge in [-0.05, 0) is 52.9 Å². The molecular weight excluding hydrogens is 264 g/mol. The van der Waals surface area contributed by atoms with Crippen LogP contribution in [0.3, 0.4) is 0 Å². The first-order chi connectivity index (χ1) is 9.84. The van der Waals surface area contributed by atoms with Crippen LogP contribution in [0.15, 0.2) is 18.2 Å². The van der Waals surface area contributed by atoms with Crippen molar-refractivity contribution in [3.63, 3.8) is 0 Å². The van der Waals surface area contributed by atoms with Crippen LogP contribution in [0.25, 0.3) is 0 Å². The number of carbonyl (C=O) groups is 1. The molecule has 0 saturated heterocycles. The Bertz CT molecular complexity index is 524. The van der Waals surface area contributed by atoms with Gasteiger partial charge in [0.25, 0.3) is 0 Å². The first-order valence-electron chi connectivity index (χ1n) is 7.61. The zero-order valence-electron chi connectivity index (χ0n) is 13.7. The van der Waals surface area contributed by atoms with E-state index in [1.807, 2.05) is 25.2 Å². The summed E-state index contributed by atoms with van der Waals surface area (Å²) in [5, 5.41) is 3.01. The molecule has 0 bridgehead atoms. The Morgan fingerprint density at radius 3 is 2.76 bits per heavy atom. The Labute approximate surface area is 127 Å². The Morgan fingerprint density at radius 1 is 1.43 bits per heavy atom. The molecule has 21 heavy (non-hydrogen) atoms. The van der Waals surface area contributed by atoms with Gasteiger partial charge in [0.1, 0.15) is 11.4 Å². The lowest BCUT2D eigenvalue weighted by molar-refractivity contribution is 0.0980. The lowest BCUT2D eigenvalue weighted by atomic mass is 10.0. The molecule has 1 aromatic carbocycles. The molecule has 1 aromatic rings. The summed E-state index contributed by atoms with van der Waals surface area (Å²) >= 11 is 0. The second kappa shape index (κ2) is 6.06. The van der Waals surface area contributed by atoms with Crippen LogP contribution in [0.5, 0.6) is 5.75 Å². The highest BCUT2D eigenvalue weighted by Gasteiger charge is 2.33. The molecule has 0 saturated carbocycles. The van der Waals surface area contributed by atoms with Crippen LogP contribution < -0.4 is 15.0 Å². The van der Waals surface area contributed by atoms with E-state index in [1.165, 1.54) is 0 Å². The molecule has 4 nitrogen and oxygen atoms in total. The fraction of sp³-hybridized carbons (Fsp3) is 0.588. The average Bonchev–Trinajstić information content (AvgIpc) is 2.42. The number of Topliss-reactive ketones (excluding diaryl/α,β-unsaturated/α-hetero) is 1. The Morgan fingerprint density at radius 2 is 2.14 bits per heavy atom. The lowest BCUT2D eigenvalue weighted by Crippen LogP contribution is -2.49. The average molecular weight is 290 g/mol. The summed E-state index contributed by atoms with van der Waals surface area (Å²) in [5.41, 5.74) is 1.58. The maximum Gasteiger partial charge on any atom is 0.164 e. The molecule has 1 heterocycles. The first kappa shape index (κ1) is 15.8. The van der Waals surface area contributed by atoms with Crippen LogP contribution in [-0.2, 0) is 0 Å². The van der Waals surface area contributed by atoms with Gasteiger partial charge >= 0.3 is 0 Å². The van der Waals surface area contributed by atoms with Crippen molar-refractivity contribution < 1.29 is 9.53 Å². The SMILES string of the molecule is CNCCC(=O)c1ccc2c(c1)N(C(C)C)CC(C)(C)O2. The summed E-state index contributed by atoms with van der Waals surface area (Å²) in [6, 6.07) is 6.15. The molecule has 1 N–H and O–H groups in total. The van der Waals surface area contributed by atoms with Crippen LogP contribution in [0.2, 0.25) is 0 Å². The van der Waals surface area contributed by atoms with Crippen molar-refractivity contribution in [2.75, 3.05) is 25.0 Å². The molecule has 4 heteroatoms. The Balaban J connectivity index is 2.33. The Hall–Kier alpha value is -1.55. The minimum atomic E-state index is -0.213. The van der Waals surface area contributed by atoms with Gasteiger partial charge in [0.05, 0.1) is 12.2 Å².